The van der Waals surface area contributed by atoms with Crippen molar-refractivity contribution in [1.82, 2.24) is 9.78 Å². The van der Waals surface area contributed by atoms with Crippen molar-refractivity contribution in [2.45, 2.75) is 24.7 Å². The summed E-state index contributed by atoms with van der Waals surface area (Å²) < 4.78 is 42.0. The van der Waals surface area contributed by atoms with Crippen LogP contribution >= 0.6 is 23.2 Å². The number of nitrogens with one attached hydrogen (secondary N) is 2. The van der Waals surface area contributed by atoms with Crippen LogP contribution in [-0.4, -0.2) is 21.9 Å². The fourth-order valence-electron chi connectivity index (χ4n) is 3.36. The Kier molecular flexibility index (Phi) is 5.38. The van der Waals surface area contributed by atoms with Crippen LogP contribution in [0.15, 0.2) is 54.6 Å². The maximum Gasteiger partial charge on any atom is 0.410 e. The van der Waals surface area contributed by atoms with Gasteiger partial charge in [0.1, 0.15) is 5.82 Å². The van der Waals surface area contributed by atoms with Gasteiger partial charge in [0.2, 0.25) is 0 Å². The van der Waals surface area contributed by atoms with Crippen molar-refractivity contribution in [2.24, 2.45) is 0 Å². The average molecular weight is 455 g/mol. The van der Waals surface area contributed by atoms with Gasteiger partial charge in [-0.2, -0.15) is 18.3 Å². The molecule has 5 nitrogen and oxygen atoms in total. The van der Waals surface area contributed by atoms with Crippen molar-refractivity contribution in [3.63, 3.8) is 0 Å². The highest BCUT2D eigenvalue weighted by molar-refractivity contribution is 6.42. The number of amides is 1. The first kappa shape index (κ1) is 20.6. The highest BCUT2D eigenvalue weighted by Crippen LogP contribution is 2.43. The van der Waals surface area contributed by atoms with Crippen molar-refractivity contribution in [3.8, 4) is 0 Å². The number of anilines is 2. The van der Waals surface area contributed by atoms with E-state index in [2.05, 4.69) is 15.7 Å². The number of carbonyl (C=O) groups excluding carboxylic acids is 1. The third-order valence-electron chi connectivity index (χ3n) is 4.80. The summed E-state index contributed by atoms with van der Waals surface area (Å²) in [5.41, 5.74) is 0.926. The van der Waals surface area contributed by atoms with Crippen LogP contribution in [0, 0.1) is 0 Å². The quantitative estimate of drug-likeness (QED) is 0.502. The third kappa shape index (κ3) is 4.11. The molecule has 156 valence electrons. The predicted octanol–water partition coefficient (Wildman–Crippen LogP) is 6.10. The van der Waals surface area contributed by atoms with Crippen LogP contribution in [0.25, 0.3) is 0 Å². The summed E-state index contributed by atoms with van der Waals surface area (Å²) in [5, 5.41) is 10.1. The Bertz CT molecular complexity index is 1090. The standard InChI is InChI=1S/C20H15Cl2F3N4O/c21-13-7-6-12(8-14(13)22)26-19(30)16-10-18-27-15(11-4-2-1-3-5-11)9-17(20(23,24)25)29(18)28-16/h1-8,10,15,17,27H,9H2,(H,26,30)/t15-,17-/m1/s1. The lowest BCUT2D eigenvalue weighted by Gasteiger charge is -2.33. The first-order chi connectivity index (χ1) is 14.2. The molecule has 0 unspecified atom stereocenters. The van der Waals surface area contributed by atoms with E-state index in [1.54, 1.807) is 30.3 Å². The number of hydrogen-bond acceptors (Lipinski definition) is 3. The van der Waals surface area contributed by atoms with E-state index in [0.29, 0.717) is 10.7 Å². The topological polar surface area (TPSA) is 59.0 Å². The van der Waals surface area contributed by atoms with Gasteiger partial charge >= 0.3 is 6.18 Å². The largest absolute Gasteiger partial charge is 0.410 e. The zero-order valence-corrected chi connectivity index (χ0v) is 16.8. The Morgan fingerprint density at radius 1 is 1.10 bits per heavy atom. The van der Waals surface area contributed by atoms with Crippen LogP contribution in [0.4, 0.5) is 24.7 Å². The van der Waals surface area contributed by atoms with Crippen LogP contribution in [-0.2, 0) is 0 Å². The Balaban J connectivity index is 1.63. The monoisotopic (exact) mass is 454 g/mol. The molecule has 2 N–H and O–H groups in total. The summed E-state index contributed by atoms with van der Waals surface area (Å²) in [4.78, 5) is 12.6. The van der Waals surface area contributed by atoms with Gasteiger partial charge in [-0.3, -0.25) is 4.79 Å². The number of halogens is 5. The number of rotatable bonds is 3. The maximum absolute atomic E-state index is 13.7. The van der Waals surface area contributed by atoms with E-state index in [1.807, 2.05) is 0 Å². The number of hydrogen-bond donors (Lipinski definition) is 2. The number of carbonyl (C=O) groups is 1. The fourth-order valence-corrected chi connectivity index (χ4v) is 3.66. The summed E-state index contributed by atoms with van der Waals surface area (Å²) in [5.74, 6) is -0.536. The van der Waals surface area contributed by atoms with Gasteiger partial charge in [-0.1, -0.05) is 53.5 Å². The smallest absolute Gasteiger partial charge is 0.363 e. The molecule has 0 saturated carbocycles. The van der Waals surface area contributed by atoms with E-state index in [0.717, 1.165) is 10.2 Å². The van der Waals surface area contributed by atoms with Crippen molar-refractivity contribution in [1.29, 1.82) is 0 Å². The third-order valence-corrected chi connectivity index (χ3v) is 5.54. The highest BCUT2D eigenvalue weighted by Gasteiger charge is 2.46. The van der Waals surface area contributed by atoms with Crippen LogP contribution in [0.2, 0.25) is 10.0 Å². The second kappa shape index (κ2) is 7.85. The van der Waals surface area contributed by atoms with Gasteiger partial charge in [-0.25, -0.2) is 4.68 Å². The normalized spacial score (nSPS) is 18.4. The SMILES string of the molecule is O=C(Nc1ccc(Cl)c(Cl)c1)c1cc2n(n1)[C@@H](C(F)(F)F)C[C@H](c1ccccc1)N2. The van der Waals surface area contributed by atoms with Crippen LogP contribution in [0.5, 0.6) is 0 Å². The zero-order valence-electron chi connectivity index (χ0n) is 15.3. The first-order valence-corrected chi connectivity index (χ1v) is 9.72. The molecule has 1 amide bonds. The van der Waals surface area contributed by atoms with Crippen molar-refractivity contribution >= 4 is 40.6 Å². The van der Waals surface area contributed by atoms with Crippen molar-refractivity contribution < 1.29 is 18.0 Å². The van der Waals surface area contributed by atoms with Gasteiger partial charge in [-0.05, 0) is 23.8 Å². The van der Waals surface area contributed by atoms with Gasteiger partial charge in [-0.15, -0.1) is 0 Å². The van der Waals surface area contributed by atoms with E-state index < -0.39 is 24.2 Å². The van der Waals surface area contributed by atoms with Crippen LogP contribution in [0.3, 0.4) is 0 Å². The zero-order chi connectivity index (χ0) is 21.5. The molecule has 4 rings (SSSR count). The molecule has 1 aliphatic heterocycles. The molecule has 0 aliphatic carbocycles. The fraction of sp³-hybridized carbons (Fsp3) is 0.200. The van der Waals surface area contributed by atoms with E-state index in [1.165, 1.54) is 24.3 Å². The molecule has 0 radical (unpaired) electrons. The van der Waals surface area contributed by atoms with Gasteiger partial charge in [0, 0.05) is 18.2 Å². The summed E-state index contributed by atoms with van der Waals surface area (Å²) >= 11 is 11.8. The predicted molar refractivity (Wildman–Crippen MR) is 109 cm³/mol. The molecule has 3 aromatic rings. The molecule has 0 bridgehead atoms. The van der Waals surface area contributed by atoms with E-state index in [-0.39, 0.29) is 23.0 Å². The summed E-state index contributed by atoms with van der Waals surface area (Å²) in [6.07, 6.45) is -4.76. The molecule has 2 atom stereocenters. The van der Waals surface area contributed by atoms with E-state index in [4.69, 9.17) is 23.2 Å². The number of fused-ring (bicyclic) bond motifs is 1. The molecule has 0 saturated heterocycles. The first-order valence-electron chi connectivity index (χ1n) is 8.96. The number of nitrogens with zero attached hydrogens (tertiary/aromatic N) is 2. The lowest BCUT2D eigenvalue weighted by atomic mass is 9.97. The van der Waals surface area contributed by atoms with Gasteiger partial charge in [0.25, 0.3) is 5.91 Å². The minimum absolute atomic E-state index is 0.122. The summed E-state index contributed by atoms with van der Waals surface area (Å²) in [7, 11) is 0. The van der Waals surface area contributed by atoms with Crippen LogP contribution < -0.4 is 10.6 Å². The molecule has 1 aromatic heterocycles. The molecule has 10 heteroatoms. The minimum atomic E-state index is -4.52. The molecular formula is C20H15Cl2F3N4O. The highest BCUT2D eigenvalue weighted by atomic mass is 35.5. The molecular weight excluding hydrogens is 440 g/mol. The van der Waals surface area contributed by atoms with Crippen molar-refractivity contribution in [2.75, 3.05) is 10.6 Å². The van der Waals surface area contributed by atoms with E-state index >= 15 is 0 Å². The molecule has 1 aliphatic rings. The molecule has 0 fully saturated rings. The summed E-state index contributed by atoms with van der Waals surface area (Å²) in [6, 6.07) is 12.2. The number of aromatic nitrogens is 2. The lowest BCUT2D eigenvalue weighted by molar-refractivity contribution is -0.173. The maximum atomic E-state index is 13.7. The second-order valence-corrected chi connectivity index (χ2v) is 7.66. The molecule has 30 heavy (non-hydrogen) atoms. The van der Waals surface area contributed by atoms with Gasteiger partial charge in [0.05, 0.1) is 16.1 Å². The number of benzene rings is 2. The average Bonchev–Trinajstić information content (AvgIpc) is 3.14. The Hall–Kier alpha value is -2.71. The molecule has 0 spiro atoms. The number of alkyl halides is 3. The molecule has 2 aromatic carbocycles. The van der Waals surface area contributed by atoms with Gasteiger partial charge in [0.15, 0.2) is 11.7 Å². The Morgan fingerprint density at radius 2 is 1.83 bits per heavy atom. The Labute approximate surface area is 179 Å². The van der Waals surface area contributed by atoms with Crippen molar-refractivity contribution in [3.05, 3.63) is 75.9 Å². The summed E-state index contributed by atoms with van der Waals surface area (Å²) in [6.45, 7) is 0. The lowest BCUT2D eigenvalue weighted by Crippen LogP contribution is -2.35. The van der Waals surface area contributed by atoms with E-state index in [9.17, 15) is 18.0 Å². The van der Waals surface area contributed by atoms with Crippen LogP contribution in [0.1, 0.15) is 34.6 Å². The second-order valence-electron chi connectivity index (χ2n) is 6.84. The van der Waals surface area contributed by atoms with Gasteiger partial charge < -0.3 is 10.6 Å². The molecule has 2 heterocycles. The Morgan fingerprint density at radius 3 is 2.50 bits per heavy atom. The minimum Gasteiger partial charge on any atom is -0.363 e.